The SMILES string of the molecule is CCn1ncc(Cl)c1C(N)C1(OC)CCCC(C)C1. The van der Waals surface area contributed by atoms with Gasteiger partial charge in [-0.05, 0) is 25.7 Å². The van der Waals surface area contributed by atoms with E-state index in [0.717, 1.165) is 31.5 Å². The zero-order valence-corrected chi connectivity index (χ0v) is 12.8. The summed E-state index contributed by atoms with van der Waals surface area (Å²) < 4.78 is 7.75. The molecule has 1 heterocycles. The van der Waals surface area contributed by atoms with Crippen LogP contribution in [0.4, 0.5) is 0 Å². The van der Waals surface area contributed by atoms with E-state index in [-0.39, 0.29) is 11.6 Å². The van der Waals surface area contributed by atoms with E-state index in [9.17, 15) is 0 Å². The molecule has 5 heteroatoms. The second-order valence-electron chi connectivity index (χ2n) is 5.64. The van der Waals surface area contributed by atoms with Gasteiger partial charge in [-0.15, -0.1) is 0 Å². The summed E-state index contributed by atoms with van der Waals surface area (Å²) in [5.74, 6) is 0.636. The highest BCUT2D eigenvalue weighted by Crippen LogP contribution is 2.43. The number of aryl methyl sites for hydroxylation is 1. The summed E-state index contributed by atoms with van der Waals surface area (Å²) >= 11 is 6.27. The molecular weight excluding hydrogens is 262 g/mol. The molecule has 0 aliphatic heterocycles. The zero-order valence-electron chi connectivity index (χ0n) is 12.0. The van der Waals surface area contributed by atoms with Crippen LogP contribution in [0.2, 0.25) is 5.02 Å². The lowest BCUT2D eigenvalue weighted by Crippen LogP contribution is -2.47. The number of hydrogen-bond acceptors (Lipinski definition) is 3. The maximum atomic E-state index is 6.53. The second-order valence-corrected chi connectivity index (χ2v) is 6.05. The lowest BCUT2D eigenvalue weighted by Gasteiger charge is -2.43. The number of rotatable bonds is 4. The number of nitrogens with two attached hydrogens (primary N) is 1. The highest BCUT2D eigenvalue weighted by atomic mass is 35.5. The van der Waals surface area contributed by atoms with Gasteiger partial charge >= 0.3 is 0 Å². The summed E-state index contributed by atoms with van der Waals surface area (Å²) in [4.78, 5) is 0. The quantitative estimate of drug-likeness (QED) is 0.924. The largest absolute Gasteiger partial charge is 0.376 e. The Balaban J connectivity index is 2.34. The maximum Gasteiger partial charge on any atom is 0.0888 e. The molecule has 0 bridgehead atoms. The third-order valence-corrected chi connectivity index (χ3v) is 4.68. The lowest BCUT2D eigenvalue weighted by molar-refractivity contribution is -0.0734. The van der Waals surface area contributed by atoms with Crippen LogP contribution in [0, 0.1) is 5.92 Å². The van der Waals surface area contributed by atoms with E-state index >= 15 is 0 Å². The summed E-state index contributed by atoms with van der Waals surface area (Å²) in [6.07, 6.45) is 6.05. The van der Waals surface area contributed by atoms with Crippen LogP contribution in [0.3, 0.4) is 0 Å². The van der Waals surface area contributed by atoms with Gasteiger partial charge in [-0.1, -0.05) is 31.4 Å². The predicted molar refractivity (Wildman–Crippen MR) is 77.2 cm³/mol. The van der Waals surface area contributed by atoms with E-state index in [0.29, 0.717) is 10.9 Å². The van der Waals surface area contributed by atoms with E-state index in [4.69, 9.17) is 22.1 Å². The Kier molecular flexibility index (Phi) is 4.54. The Bertz CT molecular complexity index is 434. The summed E-state index contributed by atoms with van der Waals surface area (Å²) in [7, 11) is 1.76. The molecule has 1 aliphatic carbocycles. The monoisotopic (exact) mass is 285 g/mol. The fourth-order valence-corrected chi connectivity index (χ4v) is 3.58. The highest BCUT2D eigenvalue weighted by molar-refractivity contribution is 6.31. The minimum Gasteiger partial charge on any atom is -0.376 e. The van der Waals surface area contributed by atoms with Crippen molar-refractivity contribution in [3.05, 3.63) is 16.9 Å². The van der Waals surface area contributed by atoms with Crippen LogP contribution in [-0.2, 0) is 11.3 Å². The van der Waals surface area contributed by atoms with Gasteiger partial charge < -0.3 is 10.5 Å². The Morgan fingerprint density at radius 1 is 1.68 bits per heavy atom. The number of halogens is 1. The maximum absolute atomic E-state index is 6.53. The minimum absolute atomic E-state index is 0.227. The van der Waals surface area contributed by atoms with Gasteiger partial charge in [0.1, 0.15) is 0 Å². The molecule has 1 saturated carbocycles. The van der Waals surface area contributed by atoms with Gasteiger partial charge in [-0.3, -0.25) is 4.68 Å². The molecule has 4 nitrogen and oxygen atoms in total. The summed E-state index contributed by atoms with van der Waals surface area (Å²) in [6, 6.07) is -0.227. The molecule has 108 valence electrons. The predicted octanol–water partition coefficient (Wildman–Crippen LogP) is 3.15. The van der Waals surface area contributed by atoms with Crippen LogP contribution < -0.4 is 5.73 Å². The minimum atomic E-state index is -0.311. The van der Waals surface area contributed by atoms with Crippen LogP contribution in [0.25, 0.3) is 0 Å². The van der Waals surface area contributed by atoms with Crippen LogP contribution in [0.15, 0.2) is 6.20 Å². The Labute approximate surface area is 120 Å². The Morgan fingerprint density at radius 3 is 3.00 bits per heavy atom. The fourth-order valence-electron chi connectivity index (χ4n) is 3.32. The molecular formula is C14H24ClN3O. The summed E-state index contributed by atoms with van der Waals surface area (Å²) in [5, 5.41) is 4.93. The van der Waals surface area contributed by atoms with Crippen molar-refractivity contribution in [3.63, 3.8) is 0 Å². The average Bonchev–Trinajstić information content (AvgIpc) is 2.78. The van der Waals surface area contributed by atoms with Gasteiger partial charge in [0, 0.05) is 13.7 Å². The second kappa shape index (κ2) is 5.81. The number of ether oxygens (including phenoxy) is 1. The van der Waals surface area contributed by atoms with E-state index in [1.54, 1.807) is 13.3 Å². The van der Waals surface area contributed by atoms with Crippen molar-refractivity contribution in [2.24, 2.45) is 11.7 Å². The molecule has 0 amide bonds. The first-order chi connectivity index (χ1) is 9.04. The smallest absolute Gasteiger partial charge is 0.0888 e. The van der Waals surface area contributed by atoms with Crippen molar-refractivity contribution in [1.29, 1.82) is 0 Å². The molecule has 0 saturated heterocycles. The highest BCUT2D eigenvalue weighted by Gasteiger charge is 2.43. The number of aromatic nitrogens is 2. The van der Waals surface area contributed by atoms with Crippen LogP contribution >= 0.6 is 11.6 Å². The molecule has 0 spiro atoms. The number of nitrogens with zero attached hydrogens (tertiary/aromatic N) is 2. The molecule has 2 rings (SSSR count). The van der Waals surface area contributed by atoms with Gasteiger partial charge in [0.05, 0.1) is 28.6 Å². The zero-order chi connectivity index (χ0) is 14.0. The van der Waals surface area contributed by atoms with Gasteiger partial charge in [0.2, 0.25) is 0 Å². The molecule has 3 unspecified atom stereocenters. The van der Waals surface area contributed by atoms with E-state index in [2.05, 4.69) is 12.0 Å². The van der Waals surface area contributed by atoms with Gasteiger partial charge in [0.25, 0.3) is 0 Å². The van der Waals surface area contributed by atoms with Gasteiger partial charge in [0.15, 0.2) is 0 Å². The van der Waals surface area contributed by atoms with Crippen molar-refractivity contribution in [3.8, 4) is 0 Å². The third-order valence-electron chi connectivity index (χ3n) is 4.39. The molecule has 1 fully saturated rings. The van der Waals surface area contributed by atoms with Crippen molar-refractivity contribution in [1.82, 2.24) is 9.78 Å². The molecule has 1 aliphatic rings. The molecule has 1 aromatic heterocycles. The first-order valence-electron chi connectivity index (χ1n) is 7.06. The average molecular weight is 286 g/mol. The van der Waals surface area contributed by atoms with E-state index in [1.165, 1.54) is 6.42 Å². The van der Waals surface area contributed by atoms with Crippen molar-refractivity contribution in [2.75, 3.05) is 7.11 Å². The fraction of sp³-hybridized carbons (Fsp3) is 0.786. The normalized spacial score (nSPS) is 29.4. The molecule has 19 heavy (non-hydrogen) atoms. The molecule has 0 radical (unpaired) electrons. The van der Waals surface area contributed by atoms with Gasteiger partial charge in [-0.2, -0.15) is 5.10 Å². The molecule has 3 atom stereocenters. The first-order valence-corrected chi connectivity index (χ1v) is 7.43. The standard InChI is InChI=1S/C14H24ClN3O/c1-4-18-12(11(15)9-17-18)13(16)14(19-3)7-5-6-10(2)8-14/h9-10,13H,4-8,16H2,1-3H3. The summed E-state index contributed by atoms with van der Waals surface area (Å²) in [6.45, 7) is 5.08. The van der Waals surface area contributed by atoms with Crippen LogP contribution in [-0.4, -0.2) is 22.5 Å². The Hall–Kier alpha value is -0.580. The van der Waals surface area contributed by atoms with E-state index < -0.39 is 0 Å². The van der Waals surface area contributed by atoms with Crippen molar-refractivity contribution < 1.29 is 4.74 Å². The third kappa shape index (κ3) is 2.67. The summed E-state index contributed by atoms with van der Waals surface area (Å²) in [5.41, 5.74) is 7.12. The van der Waals surface area contributed by atoms with E-state index in [1.807, 2.05) is 11.6 Å². The molecule has 0 aromatic carbocycles. The van der Waals surface area contributed by atoms with Crippen molar-refractivity contribution in [2.45, 2.75) is 57.7 Å². The Morgan fingerprint density at radius 2 is 2.42 bits per heavy atom. The van der Waals surface area contributed by atoms with Crippen LogP contribution in [0.1, 0.15) is 51.3 Å². The first kappa shape index (κ1) is 14.8. The topological polar surface area (TPSA) is 53.1 Å². The van der Waals surface area contributed by atoms with Crippen LogP contribution in [0.5, 0.6) is 0 Å². The van der Waals surface area contributed by atoms with Gasteiger partial charge in [-0.25, -0.2) is 0 Å². The molecule has 2 N–H and O–H groups in total. The molecule has 1 aromatic rings. The number of methoxy groups -OCH3 is 1. The van der Waals surface area contributed by atoms with Crippen molar-refractivity contribution >= 4 is 11.6 Å². The number of hydrogen-bond donors (Lipinski definition) is 1. The lowest BCUT2D eigenvalue weighted by atomic mass is 9.74.